The number of rotatable bonds is 6. The molecule has 2 aromatic rings. The van der Waals surface area contributed by atoms with Crippen LogP contribution in [0.15, 0.2) is 30.6 Å². The van der Waals surface area contributed by atoms with Crippen molar-refractivity contribution < 1.29 is 14.9 Å². The van der Waals surface area contributed by atoms with Crippen molar-refractivity contribution in [3.63, 3.8) is 0 Å². The standard InChI is InChI=1S/C14H17N3O3/c1-2-20-14-8-13(16-9-17-14)15-6-5-10-3-4-11(18)12(19)7-10/h3-4,7-9,18-19H,2,5-6H2,1H3,(H,15,16,17). The van der Waals surface area contributed by atoms with E-state index in [1.54, 1.807) is 18.2 Å². The average Bonchev–Trinajstić information content (AvgIpc) is 2.44. The summed E-state index contributed by atoms with van der Waals surface area (Å²) in [4.78, 5) is 8.08. The summed E-state index contributed by atoms with van der Waals surface area (Å²) < 4.78 is 5.29. The highest BCUT2D eigenvalue weighted by atomic mass is 16.5. The van der Waals surface area contributed by atoms with Gasteiger partial charge in [-0.15, -0.1) is 0 Å². The van der Waals surface area contributed by atoms with Gasteiger partial charge in [-0.25, -0.2) is 9.97 Å². The number of aromatic hydroxyl groups is 2. The van der Waals surface area contributed by atoms with Gasteiger partial charge < -0.3 is 20.3 Å². The van der Waals surface area contributed by atoms with E-state index < -0.39 is 0 Å². The molecule has 0 aliphatic heterocycles. The lowest BCUT2D eigenvalue weighted by Gasteiger charge is -2.07. The fourth-order valence-electron chi connectivity index (χ4n) is 1.72. The third-order valence-corrected chi connectivity index (χ3v) is 2.69. The highest BCUT2D eigenvalue weighted by Gasteiger charge is 2.02. The van der Waals surface area contributed by atoms with Crippen LogP contribution in [-0.2, 0) is 6.42 Å². The first-order valence-corrected chi connectivity index (χ1v) is 6.38. The number of nitrogens with one attached hydrogen (secondary N) is 1. The fourth-order valence-corrected chi connectivity index (χ4v) is 1.72. The summed E-state index contributed by atoms with van der Waals surface area (Å²) in [6, 6.07) is 6.52. The van der Waals surface area contributed by atoms with E-state index >= 15 is 0 Å². The predicted molar refractivity (Wildman–Crippen MR) is 75.2 cm³/mol. The number of ether oxygens (including phenoxy) is 1. The first kappa shape index (κ1) is 13.9. The van der Waals surface area contributed by atoms with Gasteiger partial charge in [0.25, 0.3) is 0 Å². The minimum atomic E-state index is -0.112. The molecule has 0 radical (unpaired) electrons. The summed E-state index contributed by atoms with van der Waals surface area (Å²) in [6.07, 6.45) is 2.14. The largest absolute Gasteiger partial charge is 0.504 e. The molecule has 1 heterocycles. The Labute approximate surface area is 117 Å². The van der Waals surface area contributed by atoms with Crippen molar-refractivity contribution in [3.05, 3.63) is 36.2 Å². The molecule has 3 N–H and O–H groups in total. The minimum absolute atomic E-state index is 0.108. The number of nitrogens with zero attached hydrogens (tertiary/aromatic N) is 2. The van der Waals surface area contributed by atoms with Gasteiger partial charge in [-0.3, -0.25) is 0 Å². The minimum Gasteiger partial charge on any atom is -0.504 e. The Kier molecular flexibility index (Phi) is 4.60. The highest BCUT2D eigenvalue weighted by Crippen LogP contribution is 2.25. The number of phenolic OH excluding ortho intramolecular Hbond substituents is 2. The normalized spacial score (nSPS) is 10.2. The second-order valence-electron chi connectivity index (χ2n) is 4.17. The second-order valence-corrected chi connectivity index (χ2v) is 4.17. The molecule has 0 saturated heterocycles. The van der Waals surface area contributed by atoms with Crippen LogP contribution in [0.5, 0.6) is 17.4 Å². The van der Waals surface area contributed by atoms with E-state index in [4.69, 9.17) is 4.74 Å². The summed E-state index contributed by atoms with van der Waals surface area (Å²) in [6.45, 7) is 3.10. The summed E-state index contributed by atoms with van der Waals surface area (Å²) >= 11 is 0. The van der Waals surface area contributed by atoms with Crippen LogP contribution in [-0.4, -0.2) is 33.3 Å². The average molecular weight is 275 g/mol. The van der Waals surface area contributed by atoms with E-state index in [-0.39, 0.29) is 11.5 Å². The number of hydrogen-bond acceptors (Lipinski definition) is 6. The zero-order valence-corrected chi connectivity index (χ0v) is 11.2. The number of aromatic nitrogens is 2. The van der Waals surface area contributed by atoms with Crippen LogP contribution in [0.4, 0.5) is 5.82 Å². The van der Waals surface area contributed by atoms with Gasteiger partial charge in [0.15, 0.2) is 11.5 Å². The Morgan fingerprint density at radius 3 is 2.75 bits per heavy atom. The van der Waals surface area contributed by atoms with Gasteiger partial charge >= 0.3 is 0 Å². The van der Waals surface area contributed by atoms with Crippen molar-refractivity contribution in [2.45, 2.75) is 13.3 Å². The summed E-state index contributed by atoms with van der Waals surface area (Å²) in [7, 11) is 0. The number of phenols is 2. The molecular formula is C14H17N3O3. The van der Waals surface area contributed by atoms with Crippen molar-refractivity contribution >= 4 is 5.82 Å². The first-order chi connectivity index (χ1) is 9.69. The number of benzene rings is 1. The Bertz CT molecular complexity index is 575. The maximum atomic E-state index is 9.40. The molecule has 2 rings (SSSR count). The maximum Gasteiger partial charge on any atom is 0.218 e. The molecule has 0 bridgehead atoms. The molecule has 0 fully saturated rings. The van der Waals surface area contributed by atoms with Gasteiger partial charge in [-0.1, -0.05) is 6.07 Å². The monoisotopic (exact) mass is 275 g/mol. The van der Waals surface area contributed by atoms with Gasteiger partial charge in [0.05, 0.1) is 6.61 Å². The van der Waals surface area contributed by atoms with E-state index in [0.29, 0.717) is 31.3 Å². The highest BCUT2D eigenvalue weighted by molar-refractivity contribution is 5.41. The lowest BCUT2D eigenvalue weighted by molar-refractivity contribution is 0.326. The zero-order chi connectivity index (χ0) is 14.4. The van der Waals surface area contributed by atoms with Gasteiger partial charge in [-0.2, -0.15) is 0 Å². The SMILES string of the molecule is CCOc1cc(NCCc2ccc(O)c(O)c2)ncn1. The van der Waals surface area contributed by atoms with Gasteiger partial charge in [-0.05, 0) is 31.0 Å². The molecule has 0 amide bonds. The van der Waals surface area contributed by atoms with Crippen molar-refractivity contribution in [3.8, 4) is 17.4 Å². The first-order valence-electron chi connectivity index (χ1n) is 6.38. The van der Waals surface area contributed by atoms with Crippen molar-refractivity contribution in [1.29, 1.82) is 0 Å². The third-order valence-electron chi connectivity index (χ3n) is 2.69. The maximum absolute atomic E-state index is 9.40. The van der Waals surface area contributed by atoms with Crippen molar-refractivity contribution in [2.24, 2.45) is 0 Å². The number of anilines is 1. The smallest absolute Gasteiger partial charge is 0.218 e. The lowest BCUT2D eigenvalue weighted by Crippen LogP contribution is -2.07. The number of hydrogen-bond donors (Lipinski definition) is 3. The molecule has 0 atom stereocenters. The van der Waals surface area contributed by atoms with Crippen LogP contribution in [0, 0.1) is 0 Å². The van der Waals surface area contributed by atoms with Crippen LogP contribution in [0.1, 0.15) is 12.5 Å². The van der Waals surface area contributed by atoms with Crippen LogP contribution in [0.25, 0.3) is 0 Å². The van der Waals surface area contributed by atoms with Crippen LogP contribution in [0.3, 0.4) is 0 Å². The molecule has 106 valence electrons. The topological polar surface area (TPSA) is 87.5 Å². The molecule has 6 heteroatoms. The predicted octanol–water partition coefficient (Wildman–Crippen LogP) is 1.94. The molecular weight excluding hydrogens is 258 g/mol. The van der Waals surface area contributed by atoms with Crippen LogP contribution >= 0.6 is 0 Å². The van der Waals surface area contributed by atoms with Crippen LogP contribution < -0.4 is 10.1 Å². The summed E-state index contributed by atoms with van der Waals surface area (Å²) in [5, 5.41) is 21.8. The van der Waals surface area contributed by atoms with E-state index in [1.807, 2.05) is 6.92 Å². The summed E-state index contributed by atoms with van der Waals surface area (Å²) in [5.41, 5.74) is 0.923. The van der Waals surface area contributed by atoms with E-state index in [2.05, 4.69) is 15.3 Å². The molecule has 0 saturated carbocycles. The Balaban J connectivity index is 1.89. The fraction of sp³-hybridized carbons (Fsp3) is 0.286. The van der Waals surface area contributed by atoms with Crippen molar-refractivity contribution in [1.82, 2.24) is 9.97 Å². The van der Waals surface area contributed by atoms with Gasteiger partial charge in [0.2, 0.25) is 5.88 Å². The molecule has 0 spiro atoms. The molecule has 1 aromatic carbocycles. The molecule has 0 unspecified atom stereocenters. The van der Waals surface area contributed by atoms with Crippen molar-refractivity contribution in [2.75, 3.05) is 18.5 Å². The van der Waals surface area contributed by atoms with Gasteiger partial charge in [0.1, 0.15) is 12.1 Å². The molecule has 0 aliphatic rings. The molecule has 1 aromatic heterocycles. The third kappa shape index (κ3) is 3.74. The van der Waals surface area contributed by atoms with Gasteiger partial charge in [0, 0.05) is 12.6 Å². The molecule has 6 nitrogen and oxygen atoms in total. The van der Waals surface area contributed by atoms with E-state index in [1.165, 1.54) is 12.4 Å². The Morgan fingerprint density at radius 2 is 2.00 bits per heavy atom. The Morgan fingerprint density at radius 1 is 1.15 bits per heavy atom. The lowest BCUT2D eigenvalue weighted by atomic mass is 10.1. The quantitative estimate of drug-likeness (QED) is 0.698. The second kappa shape index (κ2) is 6.60. The Hall–Kier alpha value is -2.50. The summed E-state index contributed by atoms with van der Waals surface area (Å²) in [5.74, 6) is 1.00. The van der Waals surface area contributed by atoms with Crippen LogP contribution in [0.2, 0.25) is 0 Å². The molecule has 0 aliphatic carbocycles. The van der Waals surface area contributed by atoms with E-state index in [9.17, 15) is 10.2 Å². The molecule has 20 heavy (non-hydrogen) atoms. The van der Waals surface area contributed by atoms with E-state index in [0.717, 1.165) is 5.56 Å². The zero-order valence-electron chi connectivity index (χ0n) is 11.2.